The number of carboxylic acid groups (broad SMARTS) is 1. The Morgan fingerprint density at radius 1 is 1.00 bits per heavy atom. The van der Waals surface area contributed by atoms with Crippen LogP contribution in [0.4, 0.5) is 0 Å². The standard InChI is InChI=1S/C50H78O9Si2/c1-37(18-15-22-46-44(54-10)30-28-41(57-46)19-17-23-48(51)52)35-43(58-60(11,12)49(3,4)5)20-16-21-45(56-36-39-24-26-40(53-9)27-25-39)47(59-61(13,14)50(6,7)8)31-29-42-34-38(2)32-33-55-42/h16,20,24-32,41-47H,1,15,18-19,21-22,33-36H2,2-14H3,(H,51,52)/b20-16+,31-29+/t41?,42-,43?,44+,45+,46-,47-/m1/s1. The molecular formula is C50H78O9Si2. The molecule has 0 amide bonds. The fourth-order valence-electron chi connectivity index (χ4n) is 6.63. The van der Waals surface area contributed by atoms with E-state index in [-0.39, 0.29) is 52.8 Å². The second-order valence-electron chi connectivity index (χ2n) is 19.6. The van der Waals surface area contributed by atoms with Gasteiger partial charge in [0, 0.05) is 19.5 Å². The Morgan fingerprint density at radius 3 is 2.28 bits per heavy atom. The van der Waals surface area contributed by atoms with Gasteiger partial charge in [0.1, 0.15) is 11.9 Å². The molecule has 7 atom stereocenters. The zero-order chi connectivity index (χ0) is 45.4. The van der Waals surface area contributed by atoms with Gasteiger partial charge in [-0.15, -0.1) is 0 Å². The lowest BCUT2D eigenvalue weighted by atomic mass is 9.98. The van der Waals surface area contributed by atoms with Crippen molar-refractivity contribution in [2.45, 2.75) is 179 Å². The maximum atomic E-state index is 10.9. The Hall–Kier alpha value is -3.06. The minimum Gasteiger partial charge on any atom is -0.497 e. The largest absolute Gasteiger partial charge is 0.497 e. The monoisotopic (exact) mass is 879 g/mol. The van der Waals surface area contributed by atoms with Crippen LogP contribution in [0.15, 0.2) is 84.5 Å². The van der Waals surface area contributed by atoms with Gasteiger partial charge in [0.05, 0.1) is 56.9 Å². The molecule has 61 heavy (non-hydrogen) atoms. The average Bonchev–Trinajstić information content (AvgIpc) is 3.17. The van der Waals surface area contributed by atoms with Crippen LogP contribution in [0.25, 0.3) is 0 Å². The van der Waals surface area contributed by atoms with E-state index in [1.807, 2.05) is 36.4 Å². The molecule has 1 aromatic rings. The molecule has 0 bridgehead atoms. The predicted molar refractivity (Wildman–Crippen MR) is 253 cm³/mol. The Bertz CT molecular complexity index is 1720. The molecule has 2 aliphatic heterocycles. The van der Waals surface area contributed by atoms with E-state index in [0.717, 1.165) is 42.6 Å². The average molecular weight is 879 g/mol. The lowest BCUT2D eigenvalue weighted by Crippen LogP contribution is -2.47. The van der Waals surface area contributed by atoms with Crippen molar-refractivity contribution >= 4 is 22.6 Å². The van der Waals surface area contributed by atoms with Gasteiger partial charge in [-0.1, -0.05) is 120 Å². The van der Waals surface area contributed by atoms with Crippen LogP contribution in [0.2, 0.25) is 36.3 Å². The number of hydrogen-bond donors (Lipinski definition) is 1. The highest BCUT2D eigenvalue weighted by Gasteiger charge is 2.41. The molecule has 3 rings (SSSR count). The van der Waals surface area contributed by atoms with E-state index < -0.39 is 22.6 Å². The SMILES string of the molecule is C=C(CCC[C@H]1OC(CC#CC(=O)O)C=C[C@@H]1OC)CC(/C=C/C[C@H](OCc1ccc(OC)cc1)[C@@H](/C=C/[C@@H]1CC(C)=CCO1)O[Si](C)(C)C(C)(C)C)O[Si](C)(C)C(C)(C)C. The van der Waals surface area contributed by atoms with Gasteiger partial charge in [-0.3, -0.25) is 0 Å². The van der Waals surface area contributed by atoms with Gasteiger partial charge in [0.15, 0.2) is 16.6 Å². The van der Waals surface area contributed by atoms with Crippen molar-refractivity contribution < 1.29 is 42.4 Å². The van der Waals surface area contributed by atoms with Crippen LogP contribution >= 0.6 is 0 Å². The van der Waals surface area contributed by atoms with Crippen molar-refractivity contribution in [3.63, 3.8) is 0 Å². The summed E-state index contributed by atoms with van der Waals surface area (Å²) in [5.74, 6) is 4.54. The first-order chi connectivity index (χ1) is 28.5. The summed E-state index contributed by atoms with van der Waals surface area (Å²) in [4.78, 5) is 10.9. The molecule has 0 spiro atoms. The number of ether oxygens (including phenoxy) is 5. The van der Waals surface area contributed by atoms with E-state index >= 15 is 0 Å². The van der Waals surface area contributed by atoms with E-state index in [9.17, 15) is 4.79 Å². The quantitative estimate of drug-likeness (QED) is 0.0693. The summed E-state index contributed by atoms with van der Waals surface area (Å²) in [6.45, 7) is 30.5. The van der Waals surface area contributed by atoms with Crippen LogP contribution < -0.4 is 4.74 Å². The smallest absolute Gasteiger partial charge is 0.381 e. The van der Waals surface area contributed by atoms with E-state index in [1.165, 1.54) is 5.57 Å². The van der Waals surface area contributed by atoms with Crippen molar-refractivity contribution in [3.8, 4) is 17.6 Å². The van der Waals surface area contributed by atoms with Crippen molar-refractivity contribution in [2.75, 3.05) is 20.8 Å². The molecule has 0 saturated carbocycles. The van der Waals surface area contributed by atoms with Gasteiger partial charge in [-0.05, 0) is 99.4 Å². The summed E-state index contributed by atoms with van der Waals surface area (Å²) in [7, 11) is -1.04. The second kappa shape index (κ2) is 24.1. The van der Waals surface area contributed by atoms with E-state index in [2.05, 4.69) is 123 Å². The summed E-state index contributed by atoms with van der Waals surface area (Å²) in [5, 5.41) is 8.94. The molecule has 1 N–H and O–H groups in total. The number of methoxy groups -OCH3 is 2. The van der Waals surface area contributed by atoms with Crippen LogP contribution in [0.5, 0.6) is 5.75 Å². The molecule has 0 fully saturated rings. The van der Waals surface area contributed by atoms with Gasteiger partial charge in [-0.25, -0.2) is 4.79 Å². The summed E-state index contributed by atoms with van der Waals surface area (Å²) in [6.07, 6.45) is 18.5. The third kappa shape index (κ3) is 17.9. The van der Waals surface area contributed by atoms with Crippen molar-refractivity contribution in [2.24, 2.45) is 0 Å². The van der Waals surface area contributed by atoms with E-state index in [4.69, 9.17) is 37.6 Å². The van der Waals surface area contributed by atoms with Gasteiger partial charge < -0.3 is 37.6 Å². The maximum Gasteiger partial charge on any atom is 0.381 e. The molecule has 2 aliphatic rings. The first-order valence-electron chi connectivity index (χ1n) is 22.0. The molecule has 2 unspecified atom stereocenters. The van der Waals surface area contributed by atoms with Crippen LogP contribution in [-0.2, 0) is 39.2 Å². The number of hydrogen-bond acceptors (Lipinski definition) is 8. The number of rotatable bonds is 22. The second-order valence-corrected chi connectivity index (χ2v) is 29.1. The Balaban J connectivity index is 1.86. The number of benzene rings is 1. The molecule has 11 heteroatoms. The minimum absolute atomic E-state index is 0.00121. The number of carbonyl (C=O) groups is 1. The Kier molecular flexibility index (Phi) is 20.7. The van der Waals surface area contributed by atoms with Crippen LogP contribution in [0.3, 0.4) is 0 Å². The van der Waals surface area contributed by atoms with Crippen LogP contribution in [-0.4, -0.2) is 91.3 Å². The highest BCUT2D eigenvalue weighted by atomic mass is 28.4. The summed E-state index contributed by atoms with van der Waals surface area (Å²) in [5.41, 5.74) is 3.51. The van der Waals surface area contributed by atoms with Crippen LogP contribution in [0, 0.1) is 11.8 Å². The predicted octanol–water partition coefficient (Wildman–Crippen LogP) is 11.5. The van der Waals surface area contributed by atoms with E-state index in [0.29, 0.717) is 32.5 Å². The van der Waals surface area contributed by atoms with Crippen molar-refractivity contribution in [3.05, 3.63) is 90.1 Å². The molecule has 0 aliphatic carbocycles. The lowest BCUT2D eigenvalue weighted by molar-refractivity contribution is -0.130. The zero-order valence-corrected chi connectivity index (χ0v) is 41.7. The number of aliphatic carboxylic acids is 1. The molecule has 340 valence electrons. The summed E-state index contributed by atoms with van der Waals surface area (Å²) in [6, 6.07) is 8.03. The minimum atomic E-state index is -2.24. The molecule has 0 aromatic heterocycles. The molecule has 1 aromatic carbocycles. The normalized spacial score (nSPS) is 21.8. The Morgan fingerprint density at radius 2 is 1.67 bits per heavy atom. The van der Waals surface area contributed by atoms with Gasteiger partial charge in [-0.2, -0.15) is 0 Å². The topological polar surface area (TPSA) is 102 Å². The summed E-state index contributed by atoms with van der Waals surface area (Å²) >= 11 is 0. The Labute approximate surface area is 371 Å². The summed E-state index contributed by atoms with van der Waals surface area (Å²) < 4.78 is 44.7. The van der Waals surface area contributed by atoms with Gasteiger partial charge in [0.25, 0.3) is 0 Å². The van der Waals surface area contributed by atoms with Crippen molar-refractivity contribution in [1.82, 2.24) is 0 Å². The third-order valence-corrected chi connectivity index (χ3v) is 21.5. The first-order valence-corrected chi connectivity index (χ1v) is 27.8. The fraction of sp³-hybridized carbons (Fsp3) is 0.620. The third-order valence-electron chi connectivity index (χ3n) is 12.5. The van der Waals surface area contributed by atoms with Crippen LogP contribution in [0.1, 0.15) is 99.0 Å². The zero-order valence-electron chi connectivity index (χ0n) is 39.7. The lowest BCUT2D eigenvalue weighted by Gasteiger charge is -2.40. The highest BCUT2D eigenvalue weighted by Crippen LogP contribution is 2.40. The molecule has 0 saturated heterocycles. The maximum absolute atomic E-state index is 10.9. The number of carboxylic acids is 1. The first kappa shape index (κ1) is 52.3. The molecule has 9 nitrogen and oxygen atoms in total. The van der Waals surface area contributed by atoms with Gasteiger partial charge in [0.2, 0.25) is 0 Å². The van der Waals surface area contributed by atoms with Crippen molar-refractivity contribution in [1.29, 1.82) is 0 Å². The molecule has 2 heterocycles. The highest BCUT2D eigenvalue weighted by molar-refractivity contribution is 6.74. The van der Waals surface area contributed by atoms with E-state index in [1.54, 1.807) is 14.2 Å². The molecule has 0 radical (unpaired) electrons. The fourth-order valence-corrected chi connectivity index (χ4v) is 9.16. The molecular weight excluding hydrogens is 801 g/mol. The van der Waals surface area contributed by atoms with Gasteiger partial charge >= 0.3 is 5.97 Å².